The lowest BCUT2D eigenvalue weighted by molar-refractivity contribution is 0.481. The number of benzene rings is 2. The first-order valence-corrected chi connectivity index (χ1v) is 6.81. The maximum atomic E-state index is 11.2. The molecule has 0 aliphatic heterocycles. The zero-order valence-electron chi connectivity index (χ0n) is 7.88. The van der Waals surface area contributed by atoms with Crippen molar-refractivity contribution >= 4 is 43.5 Å². The van der Waals surface area contributed by atoms with Crippen LogP contribution in [0.4, 0.5) is 0 Å². The Balaban J connectivity index is 3.03. The zero-order chi connectivity index (χ0) is 11.9. The molecule has 0 radical (unpaired) electrons. The van der Waals surface area contributed by atoms with Gasteiger partial charge < -0.3 is 5.11 Å². The molecule has 0 saturated heterocycles. The van der Waals surface area contributed by atoms with Gasteiger partial charge in [0.25, 0.3) is 10.1 Å². The summed E-state index contributed by atoms with van der Waals surface area (Å²) in [4.78, 5) is -0.165. The average molecular weight is 350 g/mol. The Hall–Kier alpha value is -0.860. The van der Waals surface area contributed by atoms with E-state index in [-0.39, 0.29) is 10.6 Å². The minimum absolute atomic E-state index is 0.0150. The van der Waals surface area contributed by atoms with Crippen molar-refractivity contribution in [3.63, 3.8) is 0 Å². The van der Waals surface area contributed by atoms with Crippen LogP contribution in [0, 0.1) is 3.57 Å². The number of phenolic OH excluding ortho intramolecular Hbond substituents is 1. The zero-order valence-corrected chi connectivity index (χ0v) is 10.9. The van der Waals surface area contributed by atoms with E-state index in [1.165, 1.54) is 18.2 Å². The van der Waals surface area contributed by atoms with E-state index in [0.29, 0.717) is 14.3 Å². The van der Waals surface area contributed by atoms with Crippen LogP contribution in [0.3, 0.4) is 0 Å². The van der Waals surface area contributed by atoms with Crippen molar-refractivity contribution in [2.75, 3.05) is 0 Å². The van der Waals surface area contributed by atoms with Crippen LogP contribution in [0.15, 0.2) is 35.2 Å². The highest BCUT2D eigenvalue weighted by Gasteiger charge is 2.18. The maximum absolute atomic E-state index is 11.2. The Bertz CT molecular complexity index is 664. The van der Waals surface area contributed by atoms with E-state index in [1.54, 1.807) is 12.1 Å². The van der Waals surface area contributed by atoms with Crippen molar-refractivity contribution in [2.24, 2.45) is 0 Å². The molecular weight excluding hydrogens is 343 g/mol. The van der Waals surface area contributed by atoms with Gasteiger partial charge in [0.1, 0.15) is 10.6 Å². The summed E-state index contributed by atoms with van der Waals surface area (Å²) in [5.74, 6) is -0.0150. The molecule has 0 fully saturated rings. The molecule has 0 saturated carbocycles. The lowest BCUT2D eigenvalue weighted by Gasteiger charge is -2.07. The molecule has 0 spiro atoms. The lowest BCUT2D eigenvalue weighted by atomic mass is 10.1. The van der Waals surface area contributed by atoms with E-state index >= 15 is 0 Å². The van der Waals surface area contributed by atoms with E-state index in [2.05, 4.69) is 0 Å². The predicted octanol–water partition coefficient (Wildman–Crippen LogP) is 2.40. The highest BCUT2D eigenvalue weighted by atomic mass is 127. The number of aromatic hydroxyl groups is 1. The first-order chi connectivity index (χ1) is 7.41. The minimum Gasteiger partial charge on any atom is -0.507 e. The molecular formula is C10H7IO4S. The molecule has 4 nitrogen and oxygen atoms in total. The Morgan fingerprint density at radius 1 is 1.06 bits per heavy atom. The molecule has 2 aromatic carbocycles. The average Bonchev–Trinajstić information content (AvgIpc) is 2.15. The normalized spacial score (nSPS) is 11.9. The van der Waals surface area contributed by atoms with Crippen molar-refractivity contribution in [3.05, 3.63) is 33.9 Å². The Morgan fingerprint density at radius 2 is 1.75 bits per heavy atom. The van der Waals surface area contributed by atoms with E-state index in [9.17, 15) is 13.5 Å². The van der Waals surface area contributed by atoms with Crippen molar-refractivity contribution < 1.29 is 18.1 Å². The van der Waals surface area contributed by atoms with Gasteiger partial charge in [-0.05, 0) is 40.8 Å². The van der Waals surface area contributed by atoms with Gasteiger partial charge in [-0.3, -0.25) is 4.55 Å². The topological polar surface area (TPSA) is 74.6 Å². The van der Waals surface area contributed by atoms with Crippen LogP contribution in [0.1, 0.15) is 0 Å². The summed E-state index contributed by atoms with van der Waals surface area (Å²) >= 11 is 1.82. The van der Waals surface area contributed by atoms with Crippen LogP contribution in [-0.2, 0) is 10.1 Å². The fraction of sp³-hybridized carbons (Fsp3) is 0. The van der Waals surface area contributed by atoms with Crippen LogP contribution < -0.4 is 0 Å². The largest absolute Gasteiger partial charge is 0.507 e. The molecule has 0 unspecified atom stereocenters. The fourth-order valence-electron chi connectivity index (χ4n) is 1.55. The van der Waals surface area contributed by atoms with Gasteiger partial charge in [-0.25, -0.2) is 0 Å². The smallest absolute Gasteiger partial charge is 0.296 e. The molecule has 84 valence electrons. The summed E-state index contributed by atoms with van der Waals surface area (Å²) in [5.41, 5.74) is 0. The number of rotatable bonds is 1. The second-order valence-corrected chi connectivity index (χ2v) is 5.74. The highest BCUT2D eigenvalue weighted by Crippen LogP contribution is 2.32. The molecule has 2 rings (SSSR count). The standard InChI is InChI=1S/C10H7IO4S/c11-8-5-4-6-7(2-1-3-9(6)12)10(8)16(13,14)15/h1-5,12H,(H,13,14,15). The first-order valence-electron chi connectivity index (χ1n) is 4.29. The Kier molecular flexibility index (Phi) is 2.81. The molecule has 0 aromatic heterocycles. The molecule has 0 aliphatic carbocycles. The number of phenols is 1. The number of halogens is 1. The van der Waals surface area contributed by atoms with E-state index < -0.39 is 10.1 Å². The summed E-state index contributed by atoms with van der Waals surface area (Å²) in [5, 5.41) is 10.3. The van der Waals surface area contributed by atoms with E-state index in [1.807, 2.05) is 22.6 Å². The maximum Gasteiger partial charge on any atom is 0.296 e. The van der Waals surface area contributed by atoms with Gasteiger partial charge in [0.05, 0.1) is 0 Å². The molecule has 2 aromatic rings. The molecule has 0 amide bonds. The van der Waals surface area contributed by atoms with E-state index in [4.69, 9.17) is 4.55 Å². The molecule has 6 heteroatoms. The van der Waals surface area contributed by atoms with Crippen LogP contribution >= 0.6 is 22.6 Å². The number of hydrogen-bond acceptors (Lipinski definition) is 3. The van der Waals surface area contributed by atoms with Gasteiger partial charge in [-0.15, -0.1) is 0 Å². The fourth-order valence-corrected chi connectivity index (χ4v) is 3.62. The third kappa shape index (κ3) is 1.87. The Labute approximate surface area is 106 Å². The van der Waals surface area contributed by atoms with E-state index in [0.717, 1.165) is 0 Å². The van der Waals surface area contributed by atoms with Gasteiger partial charge in [-0.1, -0.05) is 12.1 Å². The molecule has 16 heavy (non-hydrogen) atoms. The SMILES string of the molecule is O=S(=O)(O)c1c(I)ccc2c(O)cccc12. The molecule has 0 aliphatic rings. The predicted molar refractivity (Wildman–Crippen MR) is 68.1 cm³/mol. The van der Waals surface area contributed by atoms with Crippen molar-refractivity contribution in [1.82, 2.24) is 0 Å². The van der Waals surface area contributed by atoms with Crippen LogP contribution in [0.5, 0.6) is 5.75 Å². The van der Waals surface area contributed by atoms with Gasteiger partial charge >= 0.3 is 0 Å². The number of fused-ring (bicyclic) bond motifs is 1. The van der Waals surface area contributed by atoms with Crippen molar-refractivity contribution in [2.45, 2.75) is 4.90 Å². The summed E-state index contributed by atoms with van der Waals surface area (Å²) in [6.07, 6.45) is 0. The summed E-state index contributed by atoms with van der Waals surface area (Å²) < 4.78 is 32.1. The second-order valence-electron chi connectivity index (χ2n) is 3.22. The third-order valence-electron chi connectivity index (χ3n) is 2.20. The van der Waals surface area contributed by atoms with Gasteiger partial charge in [0.15, 0.2) is 0 Å². The first kappa shape index (κ1) is 11.6. The van der Waals surface area contributed by atoms with Crippen molar-refractivity contribution in [1.29, 1.82) is 0 Å². The van der Waals surface area contributed by atoms with Gasteiger partial charge in [-0.2, -0.15) is 8.42 Å². The minimum atomic E-state index is -4.30. The van der Waals surface area contributed by atoms with Gasteiger partial charge in [0, 0.05) is 14.3 Å². The summed E-state index contributed by atoms with van der Waals surface area (Å²) in [6, 6.07) is 7.68. The molecule has 0 atom stereocenters. The second kappa shape index (κ2) is 3.86. The van der Waals surface area contributed by atoms with Crippen molar-refractivity contribution in [3.8, 4) is 5.75 Å². The van der Waals surface area contributed by atoms with Gasteiger partial charge in [0.2, 0.25) is 0 Å². The van der Waals surface area contributed by atoms with Crippen LogP contribution in [0.25, 0.3) is 10.8 Å². The summed E-state index contributed by atoms with van der Waals surface area (Å²) in [7, 11) is -4.30. The quantitative estimate of drug-likeness (QED) is 0.612. The summed E-state index contributed by atoms with van der Waals surface area (Å²) in [6.45, 7) is 0. The van der Waals surface area contributed by atoms with Crippen LogP contribution in [-0.4, -0.2) is 18.1 Å². The van der Waals surface area contributed by atoms with Crippen LogP contribution in [0.2, 0.25) is 0 Å². The molecule has 2 N–H and O–H groups in total. The highest BCUT2D eigenvalue weighted by molar-refractivity contribution is 14.1. The third-order valence-corrected chi connectivity index (χ3v) is 4.42. The molecule has 0 bridgehead atoms. The molecule has 0 heterocycles. The Morgan fingerprint density at radius 3 is 2.38 bits per heavy atom. The lowest BCUT2D eigenvalue weighted by Crippen LogP contribution is -2.01. The number of hydrogen-bond donors (Lipinski definition) is 2. The monoisotopic (exact) mass is 350 g/mol.